The van der Waals surface area contributed by atoms with Crippen molar-refractivity contribution in [3.8, 4) is 0 Å². The number of hydrogen-bond acceptors (Lipinski definition) is 4. The summed E-state index contributed by atoms with van der Waals surface area (Å²) in [5.41, 5.74) is 8.64. The van der Waals surface area contributed by atoms with Crippen LogP contribution < -0.4 is 5.73 Å². The van der Waals surface area contributed by atoms with Gasteiger partial charge in [-0.1, -0.05) is 22.9 Å². The standard InChI is InChI=1S/C13H13BrN2O2/c1-3-7-4-8(14)5-9-11(15)10(13(17)18-2)6-16-12(7)9/h4-6H,3H2,1-2H3,(H2,15,16). The lowest BCUT2D eigenvalue weighted by Crippen LogP contribution is -2.07. The minimum Gasteiger partial charge on any atom is -0.465 e. The normalized spacial score (nSPS) is 10.6. The Morgan fingerprint density at radius 2 is 2.22 bits per heavy atom. The van der Waals surface area contributed by atoms with Crippen LogP contribution in [0.25, 0.3) is 10.9 Å². The molecule has 0 radical (unpaired) electrons. The Hall–Kier alpha value is -1.62. The molecule has 2 aromatic rings. The van der Waals surface area contributed by atoms with E-state index in [4.69, 9.17) is 5.73 Å². The third-order valence-corrected chi connectivity index (χ3v) is 3.30. The Morgan fingerprint density at radius 1 is 1.50 bits per heavy atom. The number of aromatic nitrogens is 1. The van der Waals surface area contributed by atoms with Gasteiger partial charge in [0.15, 0.2) is 0 Å². The van der Waals surface area contributed by atoms with Crippen LogP contribution in [0.4, 0.5) is 5.69 Å². The Balaban J connectivity index is 2.78. The second kappa shape index (κ2) is 4.94. The third-order valence-electron chi connectivity index (χ3n) is 2.84. The van der Waals surface area contributed by atoms with Gasteiger partial charge in [0.1, 0.15) is 5.56 Å². The number of fused-ring (bicyclic) bond motifs is 1. The smallest absolute Gasteiger partial charge is 0.341 e. The summed E-state index contributed by atoms with van der Waals surface area (Å²) in [5.74, 6) is -0.472. The highest BCUT2D eigenvalue weighted by atomic mass is 79.9. The van der Waals surface area contributed by atoms with Gasteiger partial charge in [0.25, 0.3) is 0 Å². The second-order valence-electron chi connectivity index (χ2n) is 3.89. The Kier molecular flexibility index (Phi) is 3.52. The highest BCUT2D eigenvalue weighted by Gasteiger charge is 2.15. The number of rotatable bonds is 2. The first-order valence-electron chi connectivity index (χ1n) is 5.53. The van der Waals surface area contributed by atoms with Crippen molar-refractivity contribution < 1.29 is 9.53 Å². The van der Waals surface area contributed by atoms with Crippen LogP contribution in [0.5, 0.6) is 0 Å². The average Bonchev–Trinajstić information content (AvgIpc) is 2.38. The van der Waals surface area contributed by atoms with Crippen LogP contribution >= 0.6 is 15.9 Å². The van der Waals surface area contributed by atoms with Crippen molar-refractivity contribution in [1.29, 1.82) is 0 Å². The van der Waals surface area contributed by atoms with Crippen LogP contribution in [0.2, 0.25) is 0 Å². The minimum atomic E-state index is -0.472. The van der Waals surface area contributed by atoms with E-state index >= 15 is 0 Å². The zero-order chi connectivity index (χ0) is 13.3. The van der Waals surface area contributed by atoms with E-state index in [0.29, 0.717) is 11.3 Å². The fourth-order valence-corrected chi connectivity index (χ4v) is 2.40. The van der Waals surface area contributed by atoms with Gasteiger partial charge in [0.05, 0.1) is 18.3 Å². The van der Waals surface area contributed by atoms with Crippen LogP contribution in [0.3, 0.4) is 0 Å². The molecule has 0 atom stereocenters. The number of pyridine rings is 1. The molecule has 2 rings (SSSR count). The van der Waals surface area contributed by atoms with Gasteiger partial charge < -0.3 is 10.5 Å². The molecule has 1 heterocycles. The van der Waals surface area contributed by atoms with Crippen molar-refractivity contribution in [3.63, 3.8) is 0 Å². The lowest BCUT2D eigenvalue weighted by atomic mass is 10.0. The molecule has 0 aliphatic carbocycles. The maximum absolute atomic E-state index is 11.6. The van der Waals surface area contributed by atoms with E-state index in [9.17, 15) is 4.79 Å². The van der Waals surface area contributed by atoms with Crippen LogP contribution in [-0.2, 0) is 11.2 Å². The number of ether oxygens (including phenoxy) is 1. The molecule has 0 aliphatic heterocycles. The zero-order valence-corrected chi connectivity index (χ0v) is 11.7. The van der Waals surface area contributed by atoms with Crippen LogP contribution in [0.15, 0.2) is 22.8 Å². The molecule has 0 bridgehead atoms. The van der Waals surface area contributed by atoms with E-state index in [1.165, 1.54) is 13.3 Å². The van der Waals surface area contributed by atoms with Crippen molar-refractivity contribution in [2.24, 2.45) is 0 Å². The molecule has 0 amide bonds. The molecule has 0 aliphatic rings. The summed E-state index contributed by atoms with van der Waals surface area (Å²) in [4.78, 5) is 15.9. The molecule has 0 unspecified atom stereocenters. The van der Waals surface area contributed by atoms with E-state index in [0.717, 1.165) is 27.4 Å². The van der Waals surface area contributed by atoms with Crippen molar-refractivity contribution in [2.75, 3.05) is 12.8 Å². The van der Waals surface area contributed by atoms with E-state index in [1.807, 2.05) is 19.1 Å². The highest BCUT2D eigenvalue weighted by molar-refractivity contribution is 9.10. The van der Waals surface area contributed by atoms with Crippen molar-refractivity contribution in [1.82, 2.24) is 4.98 Å². The lowest BCUT2D eigenvalue weighted by molar-refractivity contribution is 0.0601. The Labute approximate surface area is 113 Å². The Morgan fingerprint density at radius 3 is 2.83 bits per heavy atom. The first kappa shape index (κ1) is 12.8. The first-order chi connectivity index (χ1) is 8.58. The van der Waals surface area contributed by atoms with Gasteiger partial charge in [0.2, 0.25) is 0 Å². The zero-order valence-electron chi connectivity index (χ0n) is 10.2. The summed E-state index contributed by atoms with van der Waals surface area (Å²) in [6.45, 7) is 2.05. The van der Waals surface area contributed by atoms with E-state index in [1.54, 1.807) is 0 Å². The van der Waals surface area contributed by atoms with Crippen molar-refractivity contribution in [3.05, 3.63) is 33.9 Å². The van der Waals surface area contributed by atoms with Crippen LogP contribution in [0, 0.1) is 0 Å². The maximum atomic E-state index is 11.6. The molecule has 2 N–H and O–H groups in total. The molecule has 1 aromatic carbocycles. The number of aryl methyl sites for hydroxylation is 1. The summed E-state index contributed by atoms with van der Waals surface area (Å²) in [6, 6.07) is 3.87. The number of halogens is 1. The number of nitrogens with two attached hydrogens (primary N) is 1. The molecule has 1 aromatic heterocycles. The number of nitrogen functional groups attached to an aromatic ring is 1. The fraction of sp³-hybridized carbons (Fsp3) is 0.231. The molecule has 4 nitrogen and oxygen atoms in total. The first-order valence-corrected chi connectivity index (χ1v) is 6.32. The summed E-state index contributed by atoms with van der Waals surface area (Å²) in [7, 11) is 1.32. The number of benzene rings is 1. The second-order valence-corrected chi connectivity index (χ2v) is 4.81. The largest absolute Gasteiger partial charge is 0.465 e. The summed E-state index contributed by atoms with van der Waals surface area (Å²) in [6.07, 6.45) is 2.32. The van der Waals surface area contributed by atoms with Gasteiger partial charge in [-0.2, -0.15) is 0 Å². The monoisotopic (exact) mass is 308 g/mol. The number of nitrogens with zero attached hydrogens (tertiary/aromatic N) is 1. The number of anilines is 1. The number of carbonyl (C=O) groups excluding carboxylic acids is 1. The topological polar surface area (TPSA) is 65.2 Å². The van der Waals surface area contributed by atoms with Gasteiger partial charge in [-0.3, -0.25) is 4.98 Å². The van der Waals surface area contributed by atoms with Crippen molar-refractivity contribution in [2.45, 2.75) is 13.3 Å². The van der Waals surface area contributed by atoms with Gasteiger partial charge in [-0.25, -0.2) is 4.79 Å². The average molecular weight is 309 g/mol. The summed E-state index contributed by atoms with van der Waals surface area (Å²) < 4.78 is 5.60. The fourth-order valence-electron chi connectivity index (χ4n) is 1.90. The summed E-state index contributed by atoms with van der Waals surface area (Å²) in [5, 5.41) is 0.768. The minimum absolute atomic E-state index is 0.296. The Bertz CT molecular complexity index is 626. The third kappa shape index (κ3) is 2.06. The molecule has 0 saturated heterocycles. The molecular formula is C13H13BrN2O2. The predicted molar refractivity (Wildman–Crippen MR) is 74.6 cm³/mol. The predicted octanol–water partition coefficient (Wildman–Crippen LogP) is 2.93. The highest BCUT2D eigenvalue weighted by Crippen LogP contribution is 2.29. The lowest BCUT2D eigenvalue weighted by Gasteiger charge is -2.10. The molecular weight excluding hydrogens is 296 g/mol. The van der Waals surface area contributed by atoms with Gasteiger partial charge in [0, 0.05) is 16.1 Å². The molecule has 18 heavy (non-hydrogen) atoms. The summed E-state index contributed by atoms with van der Waals surface area (Å²) >= 11 is 3.44. The van der Waals surface area contributed by atoms with Gasteiger partial charge in [-0.05, 0) is 24.1 Å². The maximum Gasteiger partial charge on any atom is 0.341 e. The van der Waals surface area contributed by atoms with E-state index in [2.05, 4.69) is 25.7 Å². The SMILES string of the molecule is CCc1cc(Br)cc2c(N)c(C(=O)OC)cnc12. The van der Waals surface area contributed by atoms with Gasteiger partial charge in [-0.15, -0.1) is 0 Å². The number of hydrogen-bond donors (Lipinski definition) is 1. The van der Waals surface area contributed by atoms with Crippen LogP contribution in [0.1, 0.15) is 22.8 Å². The van der Waals surface area contributed by atoms with E-state index in [-0.39, 0.29) is 0 Å². The molecule has 0 saturated carbocycles. The molecule has 94 valence electrons. The van der Waals surface area contributed by atoms with E-state index < -0.39 is 5.97 Å². The number of carbonyl (C=O) groups is 1. The van der Waals surface area contributed by atoms with Crippen LogP contribution in [-0.4, -0.2) is 18.1 Å². The van der Waals surface area contributed by atoms with Crippen molar-refractivity contribution >= 4 is 38.5 Å². The van der Waals surface area contributed by atoms with Gasteiger partial charge >= 0.3 is 5.97 Å². The quantitative estimate of drug-likeness (QED) is 0.866. The molecule has 0 spiro atoms. The number of methoxy groups -OCH3 is 1. The molecule has 5 heteroatoms. The number of esters is 1. The molecule has 0 fully saturated rings.